The largest absolute Gasteiger partial charge is 0.334 e. The second kappa shape index (κ2) is 5.44. The van der Waals surface area contributed by atoms with E-state index in [0.29, 0.717) is 37.9 Å². The third kappa shape index (κ3) is 2.40. The molecular formula is C14H7Cl3N2O. The lowest BCUT2D eigenvalue weighted by atomic mass is 10.2. The topological polar surface area (TPSA) is 38.9 Å². The third-order valence-corrected chi connectivity index (χ3v) is 3.87. The zero-order chi connectivity index (χ0) is 14.1. The fourth-order valence-electron chi connectivity index (χ4n) is 1.75. The summed E-state index contributed by atoms with van der Waals surface area (Å²) >= 11 is 18.2. The van der Waals surface area contributed by atoms with Crippen LogP contribution in [-0.4, -0.2) is 10.1 Å². The smallest absolute Gasteiger partial charge is 0.259 e. The number of aromatic nitrogens is 2. The maximum Gasteiger partial charge on any atom is 0.259 e. The first-order valence-corrected chi connectivity index (χ1v) is 6.83. The van der Waals surface area contributed by atoms with E-state index in [4.69, 9.17) is 39.3 Å². The van der Waals surface area contributed by atoms with Crippen molar-refractivity contribution in [3.63, 3.8) is 0 Å². The van der Waals surface area contributed by atoms with Crippen LogP contribution in [0.5, 0.6) is 0 Å². The Labute approximate surface area is 130 Å². The van der Waals surface area contributed by atoms with Gasteiger partial charge in [-0.1, -0.05) is 58.2 Å². The van der Waals surface area contributed by atoms with E-state index in [9.17, 15) is 0 Å². The number of benzene rings is 2. The number of nitrogens with zero attached hydrogens (tertiary/aromatic N) is 2. The summed E-state index contributed by atoms with van der Waals surface area (Å²) in [6.45, 7) is 0. The normalized spacial score (nSPS) is 10.8. The highest BCUT2D eigenvalue weighted by Crippen LogP contribution is 2.34. The van der Waals surface area contributed by atoms with Gasteiger partial charge in [-0.15, -0.1) is 0 Å². The van der Waals surface area contributed by atoms with Crippen molar-refractivity contribution in [1.29, 1.82) is 0 Å². The number of hydrogen-bond donors (Lipinski definition) is 0. The van der Waals surface area contributed by atoms with Gasteiger partial charge in [0.05, 0.1) is 20.6 Å². The molecule has 0 spiro atoms. The second-order valence-corrected chi connectivity index (χ2v) is 5.20. The SMILES string of the molecule is Clc1ccccc1-c1noc(-c2cccc(Cl)c2Cl)n1. The molecule has 100 valence electrons. The Hall–Kier alpha value is -1.55. The molecule has 0 amide bonds. The molecule has 2 aromatic carbocycles. The van der Waals surface area contributed by atoms with Gasteiger partial charge in [0, 0.05) is 5.56 Å². The molecule has 1 heterocycles. The first-order valence-electron chi connectivity index (χ1n) is 5.70. The minimum absolute atomic E-state index is 0.299. The standard InChI is InChI=1S/C14H7Cl3N2O/c15-10-6-2-1-4-8(10)13-18-14(20-19-13)9-5-3-7-11(16)12(9)17/h1-7H. The molecular weight excluding hydrogens is 319 g/mol. The number of halogens is 3. The van der Waals surface area contributed by atoms with E-state index in [1.165, 1.54) is 0 Å². The van der Waals surface area contributed by atoms with Gasteiger partial charge < -0.3 is 4.52 Å². The predicted molar refractivity (Wildman–Crippen MR) is 80.2 cm³/mol. The van der Waals surface area contributed by atoms with Crippen LogP contribution in [0.15, 0.2) is 47.0 Å². The van der Waals surface area contributed by atoms with Crippen LogP contribution in [0, 0.1) is 0 Å². The van der Waals surface area contributed by atoms with Gasteiger partial charge in [0.15, 0.2) is 0 Å². The van der Waals surface area contributed by atoms with Crippen LogP contribution in [0.3, 0.4) is 0 Å². The molecule has 0 unspecified atom stereocenters. The maximum atomic E-state index is 6.13. The van der Waals surface area contributed by atoms with Crippen LogP contribution in [-0.2, 0) is 0 Å². The van der Waals surface area contributed by atoms with Crippen molar-refractivity contribution in [3.05, 3.63) is 57.5 Å². The molecule has 0 aliphatic heterocycles. The van der Waals surface area contributed by atoms with Crippen molar-refractivity contribution in [2.45, 2.75) is 0 Å². The van der Waals surface area contributed by atoms with Gasteiger partial charge in [-0.3, -0.25) is 0 Å². The summed E-state index contributed by atoms with van der Waals surface area (Å²) in [5.74, 6) is 0.703. The zero-order valence-electron chi connectivity index (χ0n) is 9.98. The average molecular weight is 326 g/mol. The van der Waals surface area contributed by atoms with E-state index in [2.05, 4.69) is 10.1 Å². The van der Waals surface area contributed by atoms with Gasteiger partial charge in [-0.25, -0.2) is 0 Å². The van der Waals surface area contributed by atoms with E-state index < -0.39 is 0 Å². The van der Waals surface area contributed by atoms with E-state index in [0.717, 1.165) is 0 Å². The van der Waals surface area contributed by atoms with Gasteiger partial charge in [0.2, 0.25) is 5.82 Å². The molecule has 6 heteroatoms. The number of hydrogen-bond acceptors (Lipinski definition) is 3. The molecule has 0 atom stereocenters. The predicted octanol–water partition coefficient (Wildman–Crippen LogP) is 5.36. The highest BCUT2D eigenvalue weighted by atomic mass is 35.5. The fraction of sp³-hybridized carbons (Fsp3) is 0. The summed E-state index contributed by atoms with van der Waals surface area (Å²) in [4.78, 5) is 4.31. The highest BCUT2D eigenvalue weighted by molar-refractivity contribution is 6.43. The minimum atomic E-state index is 0.299. The quantitative estimate of drug-likeness (QED) is 0.636. The summed E-state index contributed by atoms with van der Waals surface area (Å²) < 4.78 is 5.23. The van der Waals surface area contributed by atoms with E-state index >= 15 is 0 Å². The van der Waals surface area contributed by atoms with Gasteiger partial charge in [-0.05, 0) is 24.3 Å². The van der Waals surface area contributed by atoms with Crippen LogP contribution in [0.1, 0.15) is 0 Å². The number of rotatable bonds is 2. The van der Waals surface area contributed by atoms with Crippen molar-refractivity contribution >= 4 is 34.8 Å². The molecule has 0 N–H and O–H groups in total. The van der Waals surface area contributed by atoms with Crippen molar-refractivity contribution in [2.75, 3.05) is 0 Å². The summed E-state index contributed by atoms with van der Waals surface area (Å²) in [6, 6.07) is 12.5. The molecule has 0 aliphatic rings. The fourth-order valence-corrected chi connectivity index (χ4v) is 2.36. The zero-order valence-corrected chi connectivity index (χ0v) is 12.2. The van der Waals surface area contributed by atoms with Crippen LogP contribution in [0.4, 0.5) is 0 Å². The van der Waals surface area contributed by atoms with Crippen LogP contribution in [0.2, 0.25) is 15.1 Å². The van der Waals surface area contributed by atoms with E-state index in [-0.39, 0.29) is 0 Å². The van der Waals surface area contributed by atoms with Crippen molar-refractivity contribution in [3.8, 4) is 22.8 Å². The van der Waals surface area contributed by atoms with Crippen molar-refractivity contribution in [1.82, 2.24) is 10.1 Å². The van der Waals surface area contributed by atoms with Gasteiger partial charge in [-0.2, -0.15) is 4.98 Å². The average Bonchev–Trinajstić information content (AvgIpc) is 2.92. The Morgan fingerprint density at radius 2 is 1.50 bits per heavy atom. The lowest BCUT2D eigenvalue weighted by Gasteiger charge is -1.99. The van der Waals surface area contributed by atoms with E-state index in [1.807, 2.05) is 18.2 Å². The summed E-state index contributed by atoms with van der Waals surface area (Å²) in [6.07, 6.45) is 0. The van der Waals surface area contributed by atoms with Crippen molar-refractivity contribution in [2.24, 2.45) is 0 Å². The lowest BCUT2D eigenvalue weighted by Crippen LogP contribution is -1.83. The Bertz CT molecular complexity index is 771. The molecule has 3 rings (SSSR count). The molecule has 3 nitrogen and oxygen atoms in total. The summed E-state index contributed by atoms with van der Waals surface area (Å²) in [7, 11) is 0. The van der Waals surface area contributed by atoms with Crippen molar-refractivity contribution < 1.29 is 4.52 Å². The van der Waals surface area contributed by atoms with Crippen LogP contribution < -0.4 is 0 Å². The third-order valence-electron chi connectivity index (χ3n) is 2.72. The molecule has 1 aromatic heterocycles. The Morgan fingerprint density at radius 1 is 0.800 bits per heavy atom. The van der Waals surface area contributed by atoms with Crippen LogP contribution in [0.25, 0.3) is 22.8 Å². The first-order chi connectivity index (χ1) is 9.66. The summed E-state index contributed by atoms with van der Waals surface area (Å²) in [5.41, 5.74) is 1.28. The monoisotopic (exact) mass is 324 g/mol. The molecule has 0 radical (unpaired) electrons. The summed E-state index contributed by atoms with van der Waals surface area (Å²) in [5, 5.41) is 5.29. The molecule has 0 saturated carbocycles. The molecule has 0 saturated heterocycles. The molecule has 0 bridgehead atoms. The van der Waals surface area contributed by atoms with Crippen LogP contribution >= 0.6 is 34.8 Å². The Kier molecular flexibility index (Phi) is 3.66. The lowest BCUT2D eigenvalue weighted by molar-refractivity contribution is 0.432. The molecule has 3 aromatic rings. The molecule has 0 fully saturated rings. The van der Waals surface area contributed by atoms with Gasteiger partial charge in [0.1, 0.15) is 0 Å². The minimum Gasteiger partial charge on any atom is -0.334 e. The Morgan fingerprint density at radius 3 is 2.30 bits per heavy atom. The second-order valence-electron chi connectivity index (χ2n) is 4.00. The van der Waals surface area contributed by atoms with Gasteiger partial charge in [0.25, 0.3) is 5.89 Å². The van der Waals surface area contributed by atoms with E-state index in [1.54, 1.807) is 24.3 Å². The molecule has 20 heavy (non-hydrogen) atoms. The maximum absolute atomic E-state index is 6.13. The van der Waals surface area contributed by atoms with Gasteiger partial charge >= 0.3 is 0 Å². The Balaban J connectivity index is 2.07. The highest BCUT2D eigenvalue weighted by Gasteiger charge is 2.16. The first kappa shape index (κ1) is 13.4. The molecule has 0 aliphatic carbocycles.